The molecule has 0 saturated heterocycles. The summed E-state index contributed by atoms with van der Waals surface area (Å²) < 4.78 is 46.0. The van der Waals surface area contributed by atoms with Crippen LogP contribution in [0.4, 0.5) is 13.2 Å². The van der Waals surface area contributed by atoms with Crippen molar-refractivity contribution in [1.82, 2.24) is 24.4 Å². The molecule has 0 radical (unpaired) electrons. The van der Waals surface area contributed by atoms with Gasteiger partial charge in [0, 0.05) is 36.2 Å². The van der Waals surface area contributed by atoms with E-state index in [0.29, 0.717) is 29.9 Å². The molecule has 4 rings (SSSR count). The maximum absolute atomic E-state index is 12.8. The summed E-state index contributed by atoms with van der Waals surface area (Å²) in [7, 11) is 0. The average molecular weight is 366 g/mol. The molecule has 0 unspecified atom stereocenters. The van der Waals surface area contributed by atoms with Gasteiger partial charge in [-0.15, -0.1) is 13.2 Å². The lowest BCUT2D eigenvalue weighted by Crippen LogP contribution is -2.53. The van der Waals surface area contributed by atoms with E-state index in [2.05, 4.69) is 15.2 Å². The van der Waals surface area contributed by atoms with Crippen LogP contribution in [0.15, 0.2) is 24.8 Å². The molecule has 0 atom stereocenters. The van der Waals surface area contributed by atoms with Crippen LogP contribution in [0.5, 0.6) is 5.88 Å². The van der Waals surface area contributed by atoms with Crippen LogP contribution in [0, 0.1) is 6.92 Å². The zero-order valence-electron chi connectivity index (χ0n) is 14.2. The Labute approximate surface area is 146 Å². The summed E-state index contributed by atoms with van der Waals surface area (Å²) in [6.07, 6.45) is 2.00. The number of hydrogen-bond donors (Lipinski definition) is 1. The SMILES string of the molecule is Cc1cnn2cc(-c3cnn(C(F)(F)F)c3)nc(O[C@]3(C)C[C@H](N)C3)c12. The van der Waals surface area contributed by atoms with E-state index in [4.69, 9.17) is 10.5 Å². The van der Waals surface area contributed by atoms with Gasteiger partial charge in [0.1, 0.15) is 11.1 Å². The quantitative estimate of drug-likeness (QED) is 0.770. The van der Waals surface area contributed by atoms with Crippen molar-refractivity contribution in [3.8, 4) is 17.1 Å². The second-order valence-electron chi connectivity index (χ2n) is 6.91. The monoisotopic (exact) mass is 366 g/mol. The van der Waals surface area contributed by atoms with Gasteiger partial charge >= 0.3 is 6.30 Å². The van der Waals surface area contributed by atoms with Crippen molar-refractivity contribution in [2.75, 3.05) is 0 Å². The fourth-order valence-electron chi connectivity index (χ4n) is 3.29. The molecule has 0 aromatic carbocycles. The molecule has 3 aromatic rings. The number of aryl methyl sites for hydroxylation is 1. The molecule has 3 heterocycles. The molecule has 0 spiro atoms. The highest BCUT2D eigenvalue weighted by Crippen LogP contribution is 2.37. The molecule has 7 nitrogen and oxygen atoms in total. The number of rotatable bonds is 3. The van der Waals surface area contributed by atoms with Gasteiger partial charge in [0.15, 0.2) is 0 Å². The number of nitrogens with zero attached hydrogens (tertiary/aromatic N) is 5. The number of nitrogens with two attached hydrogens (primary N) is 1. The normalized spacial score (nSPS) is 23.2. The van der Waals surface area contributed by atoms with E-state index in [-0.39, 0.29) is 16.3 Å². The Morgan fingerprint density at radius 1 is 1.23 bits per heavy atom. The van der Waals surface area contributed by atoms with E-state index in [1.807, 2.05) is 13.8 Å². The Balaban J connectivity index is 1.78. The van der Waals surface area contributed by atoms with Gasteiger partial charge in [-0.25, -0.2) is 9.50 Å². The number of alkyl halides is 3. The summed E-state index contributed by atoms with van der Waals surface area (Å²) in [6, 6.07) is 0.0789. The molecule has 1 fully saturated rings. The third kappa shape index (κ3) is 2.79. The second-order valence-corrected chi connectivity index (χ2v) is 6.91. The lowest BCUT2D eigenvalue weighted by Gasteiger charge is -2.42. The Morgan fingerprint density at radius 3 is 2.58 bits per heavy atom. The first-order valence-corrected chi connectivity index (χ1v) is 8.06. The minimum atomic E-state index is -4.58. The van der Waals surface area contributed by atoms with Gasteiger partial charge in [-0.2, -0.15) is 14.9 Å². The van der Waals surface area contributed by atoms with E-state index in [0.717, 1.165) is 18.0 Å². The van der Waals surface area contributed by atoms with Crippen LogP contribution in [0.3, 0.4) is 0 Å². The van der Waals surface area contributed by atoms with Crippen molar-refractivity contribution >= 4 is 5.52 Å². The predicted octanol–water partition coefficient (Wildman–Crippen LogP) is 2.64. The molecule has 10 heteroatoms. The first kappa shape index (κ1) is 16.8. The van der Waals surface area contributed by atoms with E-state index in [1.165, 1.54) is 0 Å². The molecule has 26 heavy (non-hydrogen) atoms. The lowest BCUT2D eigenvalue weighted by molar-refractivity contribution is -0.212. The van der Waals surface area contributed by atoms with Crippen LogP contribution in [-0.2, 0) is 6.30 Å². The van der Waals surface area contributed by atoms with Crippen LogP contribution in [-0.4, -0.2) is 36.0 Å². The molecule has 1 aliphatic rings. The standard InChI is InChI=1S/C16H17F3N6O/c1-9-5-21-24-8-12(10-6-22-25(7-10)16(17,18)19)23-14(13(9)24)26-15(2)3-11(20)4-15/h5-8,11H,3-4,20H2,1-2H3/t11-,15+. The van der Waals surface area contributed by atoms with Gasteiger partial charge in [0.05, 0.1) is 24.3 Å². The van der Waals surface area contributed by atoms with Gasteiger partial charge < -0.3 is 10.5 Å². The molecule has 1 aliphatic carbocycles. The molecule has 3 aromatic heterocycles. The van der Waals surface area contributed by atoms with E-state index < -0.39 is 11.9 Å². The molecule has 0 bridgehead atoms. The number of fused-ring (bicyclic) bond motifs is 1. The van der Waals surface area contributed by atoms with Crippen molar-refractivity contribution in [2.45, 2.75) is 44.6 Å². The molecular weight excluding hydrogens is 349 g/mol. The van der Waals surface area contributed by atoms with E-state index in [9.17, 15) is 13.2 Å². The first-order valence-electron chi connectivity index (χ1n) is 8.06. The lowest BCUT2D eigenvalue weighted by atomic mass is 9.77. The smallest absolute Gasteiger partial charge is 0.470 e. The zero-order valence-corrected chi connectivity index (χ0v) is 14.2. The van der Waals surface area contributed by atoms with Crippen molar-refractivity contribution in [1.29, 1.82) is 0 Å². The Morgan fingerprint density at radius 2 is 1.96 bits per heavy atom. The molecule has 2 N–H and O–H groups in total. The van der Waals surface area contributed by atoms with Gasteiger partial charge in [-0.1, -0.05) is 0 Å². The molecule has 0 amide bonds. The maximum Gasteiger partial charge on any atom is 0.504 e. The Hall–Kier alpha value is -2.62. The maximum atomic E-state index is 12.8. The highest BCUT2D eigenvalue weighted by Gasteiger charge is 2.41. The largest absolute Gasteiger partial charge is 0.504 e. The summed E-state index contributed by atoms with van der Waals surface area (Å²) in [5, 5.41) is 7.59. The molecule has 138 valence electrons. The average Bonchev–Trinajstić information content (AvgIpc) is 3.12. The third-order valence-corrected chi connectivity index (χ3v) is 4.52. The van der Waals surface area contributed by atoms with Crippen LogP contribution in [0.1, 0.15) is 25.3 Å². The summed E-state index contributed by atoms with van der Waals surface area (Å²) in [5.41, 5.74) is 7.46. The van der Waals surface area contributed by atoms with Crippen LogP contribution < -0.4 is 10.5 Å². The zero-order chi connectivity index (χ0) is 18.7. The molecule has 1 saturated carbocycles. The van der Waals surface area contributed by atoms with Crippen LogP contribution in [0.2, 0.25) is 0 Å². The van der Waals surface area contributed by atoms with Crippen LogP contribution in [0.25, 0.3) is 16.8 Å². The topological polar surface area (TPSA) is 83.3 Å². The summed E-state index contributed by atoms with van der Waals surface area (Å²) in [5.74, 6) is 0.326. The highest BCUT2D eigenvalue weighted by atomic mass is 19.4. The molecular formula is C16H17F3N6O. The van der Waals surface area contributed by atoms with Gasteiger partial charge in [0.25, 0.3) is 0 Å². The van der Waals surface area contributed by atoms with Crippen molar-refractivity contribution in [3.05, 3.63) is 30.4 Å². The minimum absolute atomic E-state index is 0.0602. The number of hydrogen-bond acceptors (Lipinski definition) is 5. The Bertz CT molecular complexity index is 970. The van der Waals surface area contributed by atoms with Crippen molar-refractivity contribution in [2.24, 2.45) is 5.73 Å². The third-order valence-electron chi connectivity index (χ3n) is 4.52. The number of aromatic nitrogens is 5. The Kier molecular flexibility index (Phi) is 3.52. The van der Waals surface area contributed by atoms with E-state index >= 15 is 0 Å². The van der Waals surface area contributed by atoms with Crippen molar-refractivity contribution < 1.29 is 17.9 Å². The summed E-state index contributed by atoms with van der Waals surface area (Å²) in [4.78, 5) is 4.45. The van der Waals surface area contributed by atoms with Gasteiger partial charge in [-0.3, -0.25) is 0 Å². The first-order chi connectivity index (χ1) is 12.1. The van der Waals surface area contributed by atoms with Crippen molar-refractivity contribution in [3.63, 3.8) is 0 Å². The van der Waals surface area contributed by atoms with E-state index in [1.54, 1.807) is 16.9 Å². The summed E-state index contributed by atoms with van der Waals surface area (Å²) >= 11 is 0. The highest BCUT2D eigenvalue weighted by molar-refractivity contribution is 5.67. The molecule has 0 aliphatic heterocycles. The summed E-state index contributed by atoms with van der Waals surface area (Å²) in [6.45, 7) is 3.81. The minimum Gasteiger partial charge on any atom is -0.470 e. The number of ether oxygens (including phenoxy) is 1. The fourth-order valence-corrected chi connectivity index (χ4v) is 3.29. The number of halogens is 3. The predicted molar refractivity (Wildman–Crippen MR) is 86.5 cm³/mol. The second kappa shape index (κ2) is 5.44. The van der Waals surface area contributed by atoms with Crippen LogP contribution >= 0.6 is 0 Å². The fraction of sp³-hybridized carbons (Fsp3) is 0.438. The van der Waals surface area contributed by atoms with Gasteiger partial charge in [-0.05, 0) is 13.8 Å². The van der Waals surface area contributed by atoms with Gasteiger partial charge in [0.2, 0.25) is 5.88 Å².